The van der Waals surface area contributed by atoms with Gasteiger partial charge in [0.15, 0.2) is 5.82 Å². The predicted molar refractivity (Wildman–Crippen MR) is 118 cm³/mol. The van der Waals surface area contributed by atoms with E-state index in [4.69, 9.17) is 8.94 Å². The lowest BCUT2D eigenvalue weighted by Gasteiger charge is -2.33. The number of carbonyl (C=O) groups is 2. The van der Waals surface area contributed by atoms with E-state index in [9.17, 15) is 9.59 Å². The third-order valence-corrected chi connectivity index (χ3v) is 5.37. The summed E-state index contributed by atoms with van der Waals surface area (Å²) in [5.74, 6) is 1.76. The molecule has 1 N–H and O–H groups in total. The van der Waals surface area contributed by atoms with Crippen LogP contribution in [0.3, 0.4) is 0 Å². The Morgan fingerprint density at radius 3 is 2.68 bits per heavy atom. The molecule has 3 aromatic rings. The molecule has 1 saturated heterocycles. The number of furan rings is 1. The first-order valence-corrected chi connectivity index (χ1v) is 10.5. The van der Waals surface area contributed by atoms with E-state index in [0.29, 0.717) is 37.8 Å². The summed E-state index contributed by atoms with van der Waals surface area (Å²) in [7, 11) is 0. The number of rotatable bonds is 6. The molecule has 0 spiro atoms. The first-order chi connectivity index (χ1) is 15.0. The van der Waals surface area contributed by atoms with Crippen molar-refractivity contribution in [1.29, 1.82) is 0 Å². The maximum absolute atomic E-state index is 12.7. The van der Waals surface area contributed by atoms with E-state index < -0.39 is 0 Å². The number of amides is 2. The molecule has 2 aromatic heterocycles. The largest absolute Gasteiger partial charge is 0.460 e. The van der Waals surface area contributed by atoms with Crippen LogP contribution in [0.25, 0.3) is 17.0 Å². The van der Waals surface area contributed by atoms with Gasteiger partial charge in [-0.25, -0.2) is 0 Å². The molecule has 0 aliphatic carbocycles. The smallest absolute Gasteiger partial charge is 0.246 e. The zero-order chi connectivity index (χ0) is 21.8. The Bertz CT molecular complexity index is 1110. The number of anilines is 1. The topological polar surface area (TPSA) is 91.8 Å². The van der Waals surface area contributed by atoms with Crippen LogP contribution < -0.4 is 5.32 Å². The first-order valence-electron chi connectivity index (χ1n) is 10.5. The standard InChI is InChI=1S/C23H26N4O4/c1-3-19-18(17-6-4-5-7-20(17)30-19)8-9-23(29)27-12-10-26(11-13-27)15-22(28)24-21-14-16(2)31-25-21/h4-9,14H,3,10-13,15H2,1-2H3,(H,24,25,28)/b9-8+. The summed E-state index contributed by atoms with van der Waals surface area (Å²) in [5.41, 5.74) is 1.80. The van der Waals surface area contributed by atoms with Crippen LogP contribution >= 0.6 is 0 Å². The van der Waals surface area contributed by atoms with Crippen molar-refractivity contribution >= 4 is 34.7 Å². The molecule has 1 aromatic carbocycles. The van der Waals surface area contributed by atoms with Crippen LogP contribution in [0, 0.1) is 6.92 Å². The molecule has 0 radical (unpaired) electrons. The maximum atomic E-state index is 12.7. The normalized spacial score (nSPS) is 15.1. The van der Waals surface area contributed by atoms with Crippen LogP contribution in [-0.4, -0.2) is 59.5 Å². The minimum Gasteiger partial charge on any atom is -0.460 e. The summed E-state index contributed by atoms with van der Waals surface area (Å²) < 4.78 is 10.8. The molecular formula is C23H26N4O4. The van der Waals surface area contributed by atoms with E-state index in [1.807, 2.05) is 42.2 Å². The number of benzene rings is 1. The van der Waals surface area contributed by atoms with Gasteiger partial charge >= 0.3 is 0 Å². The van der Waals surface area contributed by atoms with Crippen molar-refractivity contribution in [3.8, 4) is 0 Å². The van der Waals surface area contributed by atoms with E-state index >= 15 is 0 Å². The summed E-state index contributed by atoms with van der Waals surface area (Å²) in [6.45, 7) is 6.49. The number of nitrogens with one attached hydrogen (secondary N) is 1. The molecule has 162 valence electrons. The highest BCUT2D eigenvalue weighted by Gasteiger charge is 2.22. The molecule has 2 amide bonds. The lowest BCUT2D eigenvalue weighted by Crippen LogP contribution is -2.50. The Morgan fingerprint density at radius 2 is 1.97 bits per heavy atom. The molecule has 0 bridgehead atoms. The lowest BCUT2D eigenvalue weighted by molar-refractivity contribution is -0.127. The van der Waals surface area contributed by atoms with E-state index in [2.05, 4.69) is 10.5 Å². The zero-order valence-electron chi connectivity index (χ0n) is 17.8. The average Bonchev–Trinajstić information content (AvgIpc) is 3.34. The predicted octanol–water partition coefficient (Wildman–Crippen LogP) is 3.09. The molecular weight excluding hydrogens is 396 g/mol. The molecule has 31 heavy (non-hydrogen) atoms. The van der Waals surface area contributed by atoms with Crippen LogP contribution in [0.4, 0.5) is 5.82 Å². The fraction of sp³-hybridized carbons (Fsp3) is 0.348. The summed E-state index contributed by atoms with van der Waals surface area (Å²) in [6, 6.07) is 9.53. The molecule has 4 rings (SSSR count). The highest BCUT2D eigenvalue weighted by Crippen LogP contribution is 2.27. The van der Waals surface area contributed by atoms with Gasteiger partial charge in [-0.3, -0.25) is 14.5 Å². The van der Waals surface area contributed by atoms with E-state index in [-0.39, 0.29) is 18.4 Å². The van der Waals surface area contributed by atoms with Gasteiger partial charge in [-0.1, -0.05) is 30.3 Å². The fourth-order valence-electron chi connectivity index (χ4n) is 3.76. The maximum Gasteiger partial charge on any atom is 0.246 e. The number of fused-ring (bicyclic) bond motifs is 1. The third-order valence-electron chi connectivity index (χ3n) is 5.37. The molecule has 8 heteroatoms. The number of aryl methyl sites for hydroxylation is 2. The molecule has 1 aliphatic heterocycles. The van der Waals surface area contributed by atoms with Gasteiger partial charge in [0.1, 0.15) is 17.1 Å². The molecule has 3 heterocycles. The number of nitrogens with zero attached hydrogens (tertiary/aromatic N) is 3. The highest BCUT2D eigenvalue weighted by molar-refractivity contribution is 5.96. The van der Waals surface area contributed by atoms with Crippen LogP contribution in [-0.2, 0) is 16.0 Å². The zero-order valence-corrected chi connectivity index (χ0v) is 17.8. The quantitative estimate of drug-likeness (QED) is 0.614. The monoisotopic (exact) mass is 422 g/mol. The van der Waals surface area contributed by atoms with Crippen molar-refractivity contribution in [2.75, 3.05) is 38.0 Å². The van der Waals surface area contributed by atoms with Gasteiger partial charge in [-0.2, -0.15) is 0 Å². The number of aromatic nitrogens is 1. The third kappa shape index (κ3) is 4.86. The first kappa shape index (κ1) is 20.9. The van der Waals surface area contributed by atoms with Gasteiger partial charge in [0, 0.05) is 55.7 Å². The molecule has 0 unspecified atom stereocenters. The SMILES string of the molecule is CCc1oc2ccccc2c1/C=C/C(=O)N1CCN(CC(=O)Nc2cc(C)on2)CC1. The second kappa shape index (κ2) is 9.18. The van der Waals surface area contributed by atoms with Gasteiger partial charge in [0.05, 0.1) is 6.54 Å². The number of para-hydroxylation sites is 1. The minimum absolute atomic E-state index is 0.0329. The molecule has 1 aliphatic rings. The van der Waals surface area contributed by atoms with Gasteiger partial charge in [-0.05, 0) is 19.1 Å². The lowest BCUT2D eigenvalue weighted by atomic mass is 10.1. The summed E-state index contributed by atoms with van der Waals surface area (Å²) in [5, 5.41) is 7.50. The molecule has 0 saturated carbocycles. The fourth-order valence-corrected chi connectivity index (χ4v) is 3.76. The van der Waals surface area contributed by atoms with Gasteiger partial charge in [0.25, 0.3) is 0 Å². The number of carbonyl (C=O) groups excluding carboxylic acids is 2. The van der Waals surface area contributed by atoms with E-state index in [0.717, 1.165) is 28.7 Å². The minimum atomic E-state index is -0.146. The number of piperazine rings is 1. The average molecular weight is 422 g/mol. The Hall–Kier alpha value is -3.39. The van der Waals surface area contributed by atoms with Gasteiger partial charge in [-0.15, -0.1) is 0 Å². The van der Waals surface area contributed by atoms with Crippen molar-refractivity contribution in [3.63, 3.8) is 0 Å². The molecule has 1 fully saturated rings. The van der Waals surface area contributed by atoms with E-state index in [1.165, 1.54) is 0 Å². The Kier molecular flexibility index (Phi) is 6.18. The van der Waals surface area contributed by atoms with Gasteiger partial charge < -0.3 is 19.2 Å². The molecule has 8 nitrogen and oxygen atoms in total. The summed E-state index contributed by atoms with van der Waals surface area (Å²) in [4.78, 5) is 28.7. The van der Waals surface area contributed by atoms with Crippen LogP contribution in [0.1, 0.15) is 24.0 Å². The Morgan fingerprint density at radius 1 is 1.19 bits per heavy atom. The van der Waals surface area contributed by atoms with Crippen LogP contribution in [0.15, 0.2) is 45.3 Å². The van der Waals surface area contributed by atoms with Crippen molar-refractivity contribution < 1.29 is 18.5 Å². The second-order valence-corrected chi connectivity index (χ2v) is 7.59. The van der Waals surface area contributed by atoms with Crippen LogP contribution in [0.2, 0.25) is 0 Å². The highest BCUT2D eigenvalue weighted by atomic mass is 16.5. The molecule has 0 atom stereocenters. The van der Waals surface area contributed by atoms with Gasteiger partial charge in [0.2, 0.25) is 11.8 Å². The second-order valence-electron chi connectivity index (χ2n) is 7.59. The Labute approximate surface area is 180 Å². The van der Waals surface area contributed by atoms with Crippen molar-refractivity contribution in [1.82, 2.24) is 15.0 Å². The van der Waals surface area contributed by atoms with Crippen molar-refractivity contribution in [2.45, 2.75) is 20.3 Å². The number of hydrogen-bond acceptors (Lipinski definition) is 6. The Balaban J connectivity index is 1.31. The van der Waals surface area contributed by atoms with Crippen LogP contribution in [0.5, 0.6) is 0 Å². The van der Waals surface area contributed by atoms with Crippen molar-refractivity contribution in [3.05, 3.63) is 53.5 Å². The van der Waals surface area contributed by atoms with E-state index in [1.54, 1.807) is 24.0 Å². The summed E-state index contributed by atoms with van der Waals surface area (Å²) in [6.07, 6.45) is 4.23. The van der Waals surface area contributed by atoms with Crippen molar-refractivity contribution in [2.24, 2.45) is 0 Å². The summed E-state index contributed by atoms with van der Waals surface area (Å²) >= 11 is 0. The number of hydrogen-bond donors (Lipinski definition) is 1.